The fourth-order valence-corrected chi connectivity index (χ4v) is 2.73. The molecular formula is C14H16FNOS. The van der Waals surface area contributed by atoms with Gasteiger partial charge in [-0.05, 0) is 43.5 Å². The maximum absolute atomic E-state index is 13.1. The second-order valence-electron chi connectivity index (χ2n) is 4.52. The Balaban J connectivity index is 2.02. The van der Waals surface area contributed by atoms with E-state index in [1.54, 1.807) is 17.4 Å². The highest BCUT2D eigenvalue weighted by atomic mass is 32.1. The first kappa shape index (κ1) is 13.2. The summed E-state index contributed by atoms with van der Waals surface area (Å²) in [7, 11) is 0. The van der Waals surface area contributed by atoms with Crippen molar-refractivity contribution in [1.82, 2.24) is 4.98 Å². The van der Waals surface area contributed by atoms with E-state index in [1.165, 1.54) is 12.1 Å². The fourth-order valence-electron chi connectivity index (χ4n) is 1.88. The van der Waals surface area contributed by atoms with Crippen LogP contribution < -0.4 is 0 Å². The Hall–Kier alpha value is -1.26. The van der Waals surface area contributed by atoms with Crippen molar-refractivity contribution in [3.63, 3.8) is 0 Å². The third-order valence-electron chi connectivity index (χ3n) is 2.84. The summed E-state index contributed by atoms with van der Waals surface area (Å²) in [5.41, 5.74) is 2.84. The van der Waals surface area contributed by atoms with Crippen LogP contribution in [0, 0.1) is 19.7 Å². The van der Waals surface area contributed by atoms with Gasteiger partial charge in [-0.2, -0.15) is 0 Å². The number of nitrogens with zero attached hydrogens (tertiary/aromatic N) is 1. The standard InChI is InChI=1S/C14H16FNOS/c1-9-3-4-12(15)5-11(9)6-13(17)7-14-16-10(2)8-18-14/h3-5,8,13,17H,6-7H2,1-2H3. The summed E-state index contributed by atoms with van der Waals surface area (Å²) >= 11 is 1.55. The Morgan fingerprint density at radius 3 is 2.78 bits per heavy atom. The highest BCUT2D eigenvalue weighted by Crippen LogP contribution is 2.16. The van der Waals surface area contributed by atoms with Crippen molar-refractivity contribution in [3.05, 3.63) is 51.2 Å². The minimum atomic E-state index is -0.518. The van der Waals surface area contributed by atoms with Crippen molar-refractivity contribution >= 4 is 11.3 Å². The molecule has 0 aliphatic rings. The van der Waals surface area contributed by atoms with Crippen molar-refractivity contribution < 1.29 is 9.50 Å². The first-order valence-corrected chi connectivity index (χ1v) is 6.76. The molecule has 0 aliphatic heterocycles. The van der Waals surface area contributed by atoms with Crippen molar-refractivity contribution in [2.45, 2.75) is 32.8 Å². The average molecular weight is 265 g/mol. The molecule has 18 heavy (non-hydrogen) atoms. The van der Waals surface area contributed by atoms with E-state index >= 15 is 0 Å². The number of rotatable bonds is 4. The Morgan fingerprint density at radius 1 is 1.33 bits per heavy atom. The summed E-state index contributed by atoms with van der Waals surface area (Å²) in [5, 5.41) is 12.9. The van der Waals surface area contributed by atoms with Crippen molar-refractivity contribution in [3.8, 4) is 0 Å². The minimum Gasteiger partial charge on any atom is -0.392 e. The Kier molecular flexibility index (Phi) is 4.09. The van der Waals surface area contributed by atoms with Crippen LogP contribution in [0.15, 0.2) is 23.6 Å². The molecule has 4 heteroatoms. The summed E-state index contributed by atoms with van der Waals surface area (Å²) in [5.74, 6) is -0.257. The van der Waals surface area contributed by atoms with E-state index in [2.05, 4.69) is 4.98 Å². The van der Waals surface area contributed by atoms with Gasteiger partial charge in [-0.1, -0.05) is 6.07 Å². The summed E-state index contributed by atoms with van der Waals surface area (Å²) in [6, 6.07) is 4.67. The van der Waals surface area contributed by atoms with Gasteiger partial charge in [0.25, 0.3) is 0 Å². The van der Waals surface area contributed by atoms with E-state index in [0.717, 1.165) is 21.8 Å². The van der Waals surface area contributed by atoms with Crippen LogP contribution >= 0.6 is 11.3 Å². The number of aliphatic hydroxyl groups is 1. The van der Waals surface area contributed by atoms with E-state index in [-0.39, 0.29) is 5.82 Å². The topological polar surface area (TPSA) is 33.1 Å². The predicted octanol–water partition coefficient (Wildman–Crippen LogP) is 3.05. The maximum Gasteiger partial charge on any atom is 0.123 e. The van der Waals surface area contributed by atoms with Crippen LogP contribution in [0.5, 0.6) is 0 Å². The predicted molar refractivity (Wildman–Crippen MR) is 71.4 cm³/mol. The van der Waals surface area contributed by atoms with Crippen LogP contribution in [-0.4, -0.2) is 16.2 Å². The summed E-state index contributed by atoms with van der Waals surface area (Å²) < 4.78 is 13.1. The van der Waals surface area contributed by atoms with Crippen LogP contribution in [0.4, 0.5) is 4.39 Å². The van der Waals surface area contributed by atoms with Gasteiger partial charge in [0.15, 0.2) is 0 Å². The van der Waals surface area contributed by atoms with Gasteiger partial charge in [-0.15, -0.1) is 11.3 Å². The lowest BCUT2D eigenvalue weighted by atomic mass is 10.0. The molecule has 0 amide bonds. The number of halogens is 1. The highest BCUT2D eigenvalue weighted by Gasteiger charge is 2.11. The molecule has 1 unspecified atom stereocenters. The quantitative estimate of drug-likeness (QED) is 0.921. The lowest BCUT2D eigenvalue weighted by Gasteiger charge is -2.11. The van der Waals surface area contributed by atoms with Crippen LogP contribution in [0.2, 0.25) is 0 Å². The third-order valence-corrected chi connectivity index (χ3v) is 3.83. The largest absolute Gasteiger partial charge is 0.392 e. The second kappa shape index (κ2) is 5.59. The summed E-state index contributed by atoms with van der Waals surface area (Å²) in [4.78, 5) is 4.32. The molecule has 0 radical (unpaired) electrons. The van der Waals surface area contributed by atoms with Crippen molar-refractivity contribution in [1.29, 1.82) is 0 Å². The summed E-state index contributed by atoms with van der Waals surface area (Å²) in [6.45, 7) is 3.86. The molecule has 1 atom stereocenters. The molecule has 0 spiro atoms. The van der Waals surface area contributed by atoms with Gasteiger partial charge in [0, 0.05) is 17.5 Å². The molecular weight excluding hydrogens is 249 g/mol. The van der Waals surface area contributed by atoms with Crippen molar-refractivity contribution in [2.75, 3.05) is 0 Å². The van der Waals surface area contributed by atoms with E-state index < -0.39 is 6.10 Å². The number of aliphatic hydroxyl groups excluding tert-OH is 1. The van der Waals surface area contributed by atoms with Crippen LogP contribution in [0.25, 0.3) is 0 Å². The lowest BCUT2D eigenvalue weighted by molar-refractivity contribution is 0.175. The van der Waals surface area contributed by atoms with E-state index in [1.807, 2.05) is 19.2 Å². The Bertz CT molecular complexity index is 538. The third kappa shape index (κ3) is 3.37. The zero-order chi connectivity index (χ0) is 13.1. The van der Waals surface area contributed by atoms with Gasteiger partial charge >= 0.3 is 0 Å². The molecule has 0 fully saturated rings. The Morgan fingerprint density at radius 2 is 2.11 bits per heavy atom. The number of aryl methyl sites for hydroxylation is 2. The van der Waals surface area contributed by atoms with Gasteiger partial charge in [-0.25, -0.2) is 9.37 Å². The molecule has 0 aliphatic carbocycles. The lowest BCUT2D eigenvalue weighted by Crippen LogP contribution is -2.14. The molecule has 1 aromatic heterocycles. The van der Waals surface area contributed by atoms with Crippen LogP contribution in [-0.2, 0) is 12.8 Å². The van der Waals surface area contributed by atoms with Gasteiger partial charge in [0.2, 0.25) is 0 Å². The van der Waals surface area contributed by atoms with Crippen molar-refractivity contribution in [2.24, 2.45) is 0 Å². The molecule has 2 aromatic rings. The smallest absolute Gasteiger partial charge is 0.123 e. The first-order chi connectivity index (χ1) is 8.54. The SMILES string of the molecule is Cc1csc(CC(O)Cc2cc(F)ccc2C)n1. The molecule has 2 rings (SSSR count). The molecule has 0 saturated carbocycles. The molecule has 0 saturated heterocycles. The first-order valence-electron chi connectivity index (χ1n) is 5.88. The zero-order valence-corrected chi connectivity index (χ0v) is 11.3. The molecule has 1 N–H and O–H groups in total. The van der Waals surface area contributed by atoms with Crippen LogP contribution in [0.1, 0.15) is 21.8 Å². The normalized spacial score (nSPS) is 12.7. The number of benzene rings is 1. The zero-order valence-electron chi connectivity index (χ0n) is 10.5. The molecule has 1 heterocycles. The molecule has 96 valence electrons. The molecule has 1 aromatic carbocycles. The van der Waals surface area contributed by atoms with E-state index in [4.69, 9.17) is 0 Å². The average Bonchev–Trinajstić information content (AvgIpc) is 2.69. The monoisotopic (exact) mass is 265 g/mol. The van der Waals surface area contributed by atoms with Gasteiger partial charge < -0.3 is 5.11 Å². The second-order valence-corrected chi connectivity index (χ2v) is 5.46. The number of aromatic nitrogens is 1. The van der Waals surface area contributed by atoms with Gasteiger partial charge in [0.05, 0.1) is 11.1 Å². The fraction of sp³-hybridized carbons (Fsp3) is 0.357. The molecule has 2 nitrogen and oxygen atoms in total. The number of thiazole rings is 1. The maximum atomic E-state index is 13.1. The number of hydrogen-bond acceptors (Lipinski definition) is 3. The van der Waals surface area contributed by atoms with E-state index in [0.29, 0.717) is 12.8 Å². The number of hydrogen-bond donors (Lipinski definition) is 1. The molecule has 0 bridgehead atoms. The Labute approximate surface area is 110 Å². The van der Waals surface area contributed by atoms with Gasteiger partial charge in [0.1, 0.15) is 5.82 Å². The minimum absolute atomic E-state index is 0.257. The summed E-state index contributed by atoms with van der Waals surface area (Å²) in [6.07, 6.45) is 0.465. The highest BCUT2D eigenvalue weighted by molar-refractivity contribution is 7.09. The van der Waals surface area contributed by atoms with Crippen LogP contribution in [0.3, 0.4) is 0 Å². The van der Waals surface area contributed by atoms with Gasteiger partial charge in [-0.3, -0.25) is 0 Å². The van der Waals surface area contributed by atoms with E-state index in [9.17, 15) is 9.50 Å².